The molecule has 2 rings (SSSR count). The summed E-state index contributed by atoms with van der Waals surface area (Å²) in [5.41, 5.74) is 1.27. The quantitative estimate of drug-likeness (QED) is 0.754. The molecule has 0 N–H and O–H groups in total. The van der Waals surface area contributed by atoms with Gasteiger partial charge in [0.1, 0.15) is 0 Å². The zero-order chi connectivity index (χ0) is 13.0. The number of rotatable bonds is 3. The second-order valence-electron chi connectivity index (χ2n) is 3.65. The Morgan fingerprint density at radius 1 is 0.833 bits per heavy atom. The maximum Gasteiger partial charge on any atom is 0.288 e. The van der Waals surface area contributed by atoms with Gasteiger partial charge in [-0.05, 0) is 24.3 Å². The van der Waals surface area contributed by atoms with E-state index in [1.54, 1.807) is 48.5 Å². The van der Waals surface area contributed by atoms with Gasteiger partial charge in [0.15, 0.2) is 4.99 Å². The summed E-state index contributed by atoms with van der Waals surface area (Å²) in [4.78, 5) is 0.993. The van der Waals surface area contributed by atoms with Gasteiger partial charge >= 0.3 is 0 Å². The average Bonchev–Trinajstić information content (AvgIpc) is 2.41. The summed E-state index contributed by atoms with van der Waals surface area (Å²) >= 11 is 4.84. The van der Waals surface area contributed by atoms with E-state index < -0.39 is 11.4 Å². The molecule has 4 heteroatoms. The molecule has 0 atom stereocenters. The molecule has 0 fully saturated rings. The summed E-state index contributed by atoms with van der Waals surface area (Å²) in [6.45, 7) is 0. The van der Waals surface area contributed by atoms with Crippen molar-refractivity contribution in [2.75, 3.05) is 4.90 Å². The van der Waals surface area contributed by atoms with E-state index in [9.17, 15) is 8.78 Å². The van der Waals surface area contributed by atoms with Gasteiger partial charge < -0.3 is 0 Å². The van der Waals surface area contributed by atoms with Crippen LogP contribution in [0, 0.1) is 0 Å². The topological polar surface area (TPSA) is 3.24 Å². The molecule has 0 spiro atoms. The van der Waals surface area contributed by atoms with Crippen molar-refractivity contribution in [1.29, 1.82) is 0 Å². The monoisotopic (exact) mass is 263 g/mol. The van der Waals surface area contributed by atoms with Crippen molar-refractivity contribution in [3.8, 4) is 0 Å². The standard InChI is InChI=1S/C14H11F2NS/c15-13(16)14(18)17(11-7-3-1-4-8-11)12-9-5-2-6-10-12/h1-10,13H. The van der Waals surface area contributed by atoms with Gasteiger partial charge in [-0.2, -0.15) is 0 Å². The molecule has 2 aromatic rings. The van der Waals surface area contributed by atoms with Crippen LogP contribution in [0.4, 0.5) is 20.2 Å². The predicted octanol–water partition coefficient (Wildman–Crippen LogP) is 4.42. The Hall–Kier alpha value is -1.81. The van der Waals surface area contributed by atoms with Gasteiger partial charge in [-0.1, -0.05) is 48.6 Å². The Labute approximate surface area is 110 Å². The van der Waals surface area contributed by atoms with Crippen LogP contribution < -0.4 is 4.90 Å². The lowest BCUT2D eigenvalue weighted by Crippen LogP contribution is -2.29. The third-order valence-corrected chi connectivity index (χ3v) is 2.80. The Morgan fingerprint density at radius 3 is 1.56 bits per heavy atom. The van der Waals surface area contributed by atoms with Crippen LogP contribution >= 0.6 is 12.2 Å². The van der Waals surface area contributed by atoms with Crippen LogP contribution in [0.15, 0.2) is 60.7 Å². The highest BCUT2D eigenvalue weighted by Gasteiger charge is 2.21. The van der Waals surface area contributed by atoms with E-state index in [2.05, 4.69) is 0 Å². The molecule has 0 aromatic heterocycles. The second kappa shape index (κ2) is 5.69. The van der Waals surface area contributed by atoms with Crippen molar-refractivity contribution in [1.82, 2.24) is 0 Å². The highest BCUT2D eigenvalue weighted by atomic mass is 32.1. The zero-order valence-electron chi connectivity index (χ0n) is 9.46. The molecule has 0 heterocycles. The zero-order valence-corrected chi connectivity index (χ0v) is 10.3. The summed E-state index contributed by atoms with van der Waals surface area (Å²) in [7, 11) is 0. The minimum atomic E-state index is -2.67. The summed E-state index contributed by atoms with van der Waals surface area (Å²) in [6, 6.07) is 17.8. The lowest BCUT2D eigenvalue weighted by Gasteiger charge is -2.25. The molecule has 0 saturated heterocycles. The maximum absolute atomic E-state index is 12.9. The van der Waals surface area contributed by atoms with Gasteiger partial charge in [0.2, 0.25) is 0 Å². The van der Waals surface area contributed by atoms with Crippen LogP contribution in [0.3, 0.4) is 0 Å². The molecule has 0 aliphatic carbocycles. The smallest absolute Gasteiger partial charge is 0.288 e. The van der Waals surface area contributed by atoms with Crippen molar-refractivity contribution in [3.63, 3.8) is 0 Å². The number of anilines is 2. The van der Waals surface area contributed by atoms with Crippen molar-refractivity contribution in [2.24, 2.45) is 0 Å². The maximum atomic E-state index is 12.9. The normalized spacial score (nSPS) is 10.4. The number of hydrogen-bond donors (Lipinski definition) is 0. The number of benzene rings is 2. The van der Waals surface area contributed by atoms with Gasteiger partial charge in [-0.3, -0.25) is 4.90 Å². The predicted molar refractivity (Wildman–Crippen MR) is 73.6 cm³/mol. The summed E-state index contributed by atoms with van der Waals surface area (Å²) in [6.07, 6.45) is -2.67. The molecular weight excluding hydrogens is 252 g/mol. The molecular formula is C14H11F2NS. The Bertz CT molecular complexity index is 474. The molecule has 0 aliphatic rings. The molecule has 18 heavy (non-hydrogen) atoms. The number of alkyl halides is 2. The third-order valence-electron chi connectivity index (χ3n) is 2.44. The SMILES string of the molecule is FC(F)C(=S)N(c1ccccc1)c1ccccc1. The lowest BCUT2D eigenvalue weighted by molar-refractivity contribution is 0.227. The highest BCUT2D eigenvalue weighted by Crippen LogP contribution is 2.27. The largest absolute Gasteiger partial charge is 0.300 e. The van der Waals surface area contributed by atoms with Crippen molar-refractivity contribution < 1.29 is 8.78 Å². The fraction of sp³-hybridized carbons (Fsp3) is 0.0714. The molecule has 0 aliphatic heterocycles. The Balaban J connectivity index is 2.45. The van der Waals surface area contributed by atoms with Crippen LogP contribution in [0.1, 0.15) is 0 Å². The third kappa shape index (κ3) is 2.71. The van der Waals surface area contributed by atoms with E-state index in [0.29, 0.717) is 11.4 Å². The van der Waals surface area contributed by atoms with Gasteiger partial charge in [0, 0.05) is 11.4 Å². The van der Waals surface area contributed by atoms with Crippen LogP contribution in [0.25, 0.3) is 0 Å². The van der Waals surface area contributed by atoms with Gasteiger partial charge in [0.25, 0.3) is 6.43 Å². The van der Waals surface area contributed by atoms with E-state index in [4.69, 9.17) is 12.2 Å². The highest BCUT2D eigenvalue weighted by molar-refractivity contribution is 7.80. The van der Waals surface area contributed by atoms with Crippen molar-refractivity contribution >= 4 is 28.6 Å². The van der Waals surface area contributed by atoms with Gasteiger partial charge in [-0.25, -0.2) is 8.78 Å². The molecule has 92 valence electrons. The summed E-state index contributed by atoms with van der Waals surface area (Å²) in [5.74, 6) is 0. The van der Waals surface area contributed by atoms with Crippen molar-refractivity contribution in [3.05, 3.63) is 60.7 Å². The molecule has 0 unspecified atom stereocenters. The van der Waals surface area contributed by atoms with Crippen LogP contribution in [0.5, 0.6) is 0 Å². The van der Waals surface area contributed by atoms with Gasteiger partial charge in [-0.15, -0.1) is 0 Å². The molecule has 1 nitrogen and oxygen atoms in total. The Kier molecular flexibility index (Phi) is 3.99. The first-order valence-corrected chi connectivity index (χ1v) is 5.83. The number of nitrogens with zero attached hydrogens (tertiary/aromatic N) is 1. The first-order valence-electron chi connectivity index (χ1n) is 5.42. The van der Waals surface area contributed by atoms with Crippen LogP contribution in [-0.2, 0) is 0 Å². The van der Waals surface area contributed by atoms with E-state index in [0.717, 1.165) is 0 Å². The number of halogens is 2. The lowest BCUT2D eigenvalue weighted by atomic mass is 10.2. The molecule has 0 amide bonds. The summed E-state index contributed by atoms with van der Waals surface area (Å²) in [5, 5.41) is 0. The fourth-order valence-electron chi connectivity index (χ4n) is 1.66. The minimum absolute atomic E-state index is 0.396. The first kappa shape index (κ1) is 12.6. The second-order valence-corrected chi connectivity index (χ2v) is 4.06. The van der Waals surface area contributed by atoms with Crippen LogP contribution in [-0.4, -0.2) is 11.4 Å². The minimum Gasteiger partial charge on any atom is -0.300 e. The van der Waals surface area contributed by atoms with Crippen molar-refractivity contribution in [2.45, 2.75) is 6.43 Å². The average molecular weight is 263 g/mol. The molecule has 0 saturated carbocycles. The van der Waals surface area contributed by atoms with E-state index >= 15 is 0 Å². The first-order chi connectivity index (χ1) is 8.70. The Morgan fingerprint density at radius 2 is 1.22 bits per heavy atom. The van der Waals surface area contributed by atoms with E-state index in [-0.39, 0.29) is 0 Å². The van der Waals surface area contributed by atoms with Crippen LogP contribution in [0.2, 0.25) is 0 Å². The number of para-hydroxylation sites is 2. The molecule has 0 bridgehead atoms. The summed E-state index contributed by atoms with van der Waals surface area (Å²) < 4.78 is 25.7. The molecule has 0 radical (unpaired) electrons. The van der Waals surface area contributed by atoms with E-state index in [1.165, 1.54) is 4.90 Å². The number of hydrogen-bond acceptors (Lipinski definition) is 1. The van der Waals surface area contributed by atoms with Gasteiger partial charge in [0.05, 0.1) is 0 Å². The number of thiocarbonyl (C=S) groups is 1. The van der Waals surface area contributed by atoms with E-state index in [1.807, 2.05) is 12.1 Å². The fourth-order valence-corrected chi connectivity index (χ4v) is 1.87. The molecule has 2 aromatic carbocycles.